The molecule has 0 unspecified atom stereocenters. The van der Waals surface area contributed by atoms with Gasteiger partial charge in [-0.3, -0.25) is 4.79 Å². The average Bonchev–Trinajstić information content (AvgIpc) is 3.13. The highest BCUT2D eigenvalue weighted by molar-refractivity contribution is 7.90. The van der Waals surface area contributed by atoms with E-state index in [-0.39, 0.29) is 10.6 Å². The molecule has 0 bridgehead atoms. The van der Waals surface area contributed by atoms with E-state index >= 15 is 0 Å². The van der Waals surface area contributed by atoms with Gasteiger partial charge in [-0.2, -0.15) is 0 Å². The molecule has 0 saturated heterocycles. The third-order valence-electron chi connectivity index (χ3n) is 3.87. The molecule has 2 aromatic carbocycles. The Labute approximate surface area is 152 Å². The van der Waals surface area contributed by atoms with Crippen LogP contribution in [0.25, 0.3) is 0 Å². The highest BCUT2D eigenvalue weighted by atomic mass is 32.2. The molecular weight excluding hydrogens is 352 g/mol. The maximum Gasteiger partial charge on any atom is 0.273 e. The van der Waals surface area contributed by atoms with Crippen molar-refractivity contribution in [1.82, 2.24) is 3.97 Å². The van der Waals surface area contributed by atoms with Crippen molar-refractivity contribution >= 4 is 21.6 Å². The smallest absolute Gasteiger partial charge is 0.273 e. The predicted octanol–water partition coefficient (Wildman–Crippen LogP) is 3.29. The number of nitrogens with zero attached hydrogens (tertiary/aromatic N) is 1. The van der Waals surface area contributed by atoms with E-state index < -0.39 is 15.9 Å². The lowest BCUT2D eigenvalue weighted by molar-refractivity contribution is 0.102. The number of aryl methyl sites for hydroxylation is 1. The van der Waals surface area contributed by atoms with Gasteiger partial charge in [0.2, 0.25) is 0 Å². The van der Waals surface area contributed by atoms with E-state index in [1.807, 2.05) is 6.92 Å². The van der Waals surface area contributed by atoms with Crippen molar-refractivity contribution < 1.29 is 17.9 Å². The number of methoxy groups -OCH3 is 1. The molecule has 0 saturated carbocycles. The fourth-order valence-electron chi connectivity index (χ4n) is 2.44. The number of hydrogen-bond acceptors (Lipinski definition) is 4. The molecule has 0 radical (unpaired) electrons. The van der Waals surface area contributed by atoms with Gasteiger partial charge in [0.25, 0.3) is 15.9 Å². The second kappa shape index (κ2) is 7.05. The SMILES string of the molecule is COc1ccc(NC(=O)c2cccn2S(=O)(=O)c2ccc(C)cc2)cc1. The standard InChI is InChI=1S/C19H18N2O4S/c1-14-5-11-17(12-6-14)26(23,24)21-13-3-4-18(21)19(22)20-15-7-9-16(25-2)10-8-15/h3-13H,1-2H3,(H,20,22). The lowest BCUT2D eigenvalue weighted by atomic mass is 10.2. The zero-order chi connectivity index (χ0) is 18.7. The molecule has 0 atom stereocenters. The molecule has 0 spiro atoms. The Morgan fingerprint density at radius 3 is 2.27 bits per heavy atom. The summed E-state index contributed by atoms with van der Waals surface area (Å²) in [6.45, 7) is 1.87. The van der Waals surface area contributed by atoms with E-state index in [9.17, 15) is 13.2 Å². The fraction of sp³-hybridized carbons (Fsp3) is 0.105. The van der Waals surface area contributed by atoms with Gasteiger partial charge in [-0.15, -0.1) is 0 Å². The molecule has 134 valence electrons. The van der Waals surface area contributed by atoms with Gasteiger partial charge in [-0.1, -0.05) is 17.7 Å². The second-order valence-electron chi connectivity index (χ2n) is 5.69. The Hall–Kier alpha value is -3.06. The first-order chi connectivity index (χ1) is 12.4. The molecule has 3 aromatic rings. The van der Waals surface area contributed by atoms with Crippen LogP contribution in [0.5, 0.6) is 5.75 Å². The van der Waals surface area contributed by atoms with Gasteiger partial charge >= 0.3 is 0 Å². The Kier molecular flexibility index (Phi) is 4.81. The molecule has 1 heterocycles. The molecule has 1 amide bonds. The first kappa shape index (κ1) is 17.8. The first-order valence-corrected chi connectivity index (χ1v) is 9.31. The van der Waals surface area contributed by atoms with Gasteiger partial charge in [0.15, 0.2) is 0 Å². The Morgan fingerprint density at radius 1 is 1.00 bits per heavy atom. The summed E-state index contributed by atoms with van der Waals surface area (Å²) < 4.78 is 31.7. The van der Waals surface area contributed by atoms with E-state index in [0.29, 0.717) is 11.4 Å². The van der Waals surface area contributed by atoms with Crippen molar-refractivity contribution in [3.8, 4) is 5.75 Å². The Balaban J connectivity index is 1.89. The summed E-state index contributed by atoms with van der Waals surface area (Å²) in [6, 6.07) is 16.2. The summed E-state index contributed by atoms with van der Waals surface area (Å²) in [5.41, 5.74) is 1.52. The highest BCUT2D eigenvalue weighted by Crippen LogP contribution is 2.19. The number of anilines is 1. The molecule has 6 nitrogen and oxygen atoms in total. The average molecular weight is 370 g/mol. The lowest BCUT2D eigenvalue weighted by Gasteiger charge is -2.11. The van der Waals surface area contributed by atoms with Crippen LogP contribution in [0.1, 0.15) is 16.1 Å². The van der Waals surface area contributed by atoms with Crippen LogP contribution in [0.3, 0.4) is 0 Å². The van der Waals surface area contributed by atoms with E-state index in [4.69, 9.17) is 4.74 Å². The molecule has 3 rings (SSSR count). The molecule has 1 aromatic heterocycles. The predicted molar refractivity (Wildman–Crippen MR) is 99.1 cm³/mol. The topological polar surface area (TPSA) is 77.4 Å². The number of amides is 1. The van der Waals surface area contributed by atoms with Crippen molar-refractivity contribution in [3.63, 3.8) is 0 Å². The number of benzene rings is 2. The van der Waals surface area contributed by atoms with Gasteiger partial charge < -0.3 is 10.1 Å². The summed E-state index contributed by atoms with van der Waals surface area (Å²) in [7, 11) is -2.30. The minimum Gasteiger partial charge on any atom is -0.497 e. The van der Waals surface area contributed by atoms with Crippen LogP contribution in [-0.4, -0.2) is 25.4 Å². The van der Waals surface area contributed by atoms with Gasteiger partial charge in [0, 0.05) is 11.9 Å². The van der Waals surface area contributed by atoms with E-state index in [0.717, 1.165) is 9.54 Å². The van der Waals surface area contributed by atoms with Gasteiger partial charge in [0.05, 0.1) is 12.0 Å². The zero-order valence-electron chi connectivity index (χ0n) is 14.3. The summed E-state index contributed by atoms with van der Waals surface area (Å²) in [5.74, 6) is 0.143. The number of ether oxygens (including phenoxy) is 1. The largest absolute Gasteiger partial charge is 0.497 e. The van der Waals surface area contributed by atoms with E-state index in [1.54, 1.807) is 43.5 Å². The van der Waals surface area contributed by atoms with E-state index in [2.05, 4.69) is 5.32 Å². The third-order valence-corrected chi connectivity index (χ3v) is 5.58. The van der Waals surface area contributed by atoms with Gasteiger partial charge in [0.1, 0.15) is 11.4 Å². The summed E-state index contributed by atoms with van der Waals surface area (Å²) in [6.07, 6.45) is 1.36. The molecule has 0 aliphatic rings. The van der Waals surface area contributed by atoms with Gasteiger partial charge in [-0.25, -0.2) is 12.4 Å². The van der Waals surface area contributed by atoms with Crippen LogP contribution in [0.15, 0.2) is 71.8 Å². The number of nitrogens with one attached hydrogen (secondary N) is 1. The van der Waals surface area contributed by atoms with Crippen molar-refractivity contribution in [1.29, 1.82) is 0 Å². The number of rotatable bonds is 5. The molecule has 0 aliphatic heterocycles. The summed E-state index contributed by atoms with van der Waals surface area (Å²) in [5, 5.41) is 2.69. The molecule has 1 N–H and O–H groups in total. The Bertz CT molecular complexity index is 1020. The molecule has 0 fully saturated rings. The van der Waals surface area contributed by atoms with Crippen molar-refractivity contribution in [2.24, 2.45) is 0 Å². The number of hydrogen-bond donors (Lipinski definition) is 1. The van der Waals surface area contributed by atoms with Crippen LogP contribution in [0, 0.1) is 6.92 Å². The highest BCUT2D eigenvalue weighted by Gasteiger charge is 2.22. The van der Waals surface area contributed by atoms with Crippen LogP contribution >= 0.6 is 0 Å². The molecular formula is C19H18N2O4S. The number of aromatic nitrogens is 1. The van der Waals surface area contributed by atoms with Crippen LogP contribution in [-0.2, 0) is 10.0 Å². The molecule has 0 aliphatic carbocycles. The summed E-state index contributed by atoms with van der Waals surface area (Å²) >= 11 is 0. The van der Waals surface area contributed by atoms with Crippen molar-refractivity contribution in [2.45, 2.75) is 11.8 Å². The van der Waals surface area contributed by atoms with Crippen LogP contribution in [0.4, 0.5) is 5.69 Å². The molecule has 26 heavy (non-hydrogen) atoms. The second-order valence-corrected chi connectivity index (χ2v) is 7.50. The minimum absolute atomic E-state index is 0.0291. The quantitative estimate of drug-likeness (QED) is 0.748. The number of carbonyl (C=O) groups excluding carboxylic acids is 1. The zero-order valence-corrected chi connectivity index (χ0v) is 15.2. The Morgan fingerprint density at radius 2 is 1.65 bits per heavy atom. The maximum atomic E-state index is 12.8. The monoisotopic (exact) mass is 370 g/mol. The summed E-state index contributed by atoms with van der Waals surface area (Å²) in [4.78, 5) is 12.7. The fourth-order valence-corrected chi connectivity index (χ4v) is 3.79. The van der Waals surface area contributed by atoms with Crippen molar-refractivity contribution in [3.05, 3.63) is 78.1 Å². The van der Waals surface area contributed by atoms with E-state index in [1.165, 1.54) is 30.5 Å². The van der Waals surface area contributed by atoms with Crippen LogP contribution < -0.4 is 10.1 Å². The molecule has 7 heteroatoms. The van der Waals surface area contributed by atoms with Crippen LogP contribution in [0.2, 0.25) is 0 Å². The first-order valence-electron chi connectivity index (χ1n) is 7.87. The minimum atomic E-state index is -3.86. The maximum absolute atomic E-state index is 12.8. The third kappa shape index (κ3) is 3.48. The normalized spacial score (nSPS) is 11.2. The van der Waals surface area contributed by atoms with Crippen molar-refractivity contribution in [2.75, 3.05) is 12.4 Å². The number of carbonyl (C=O) groups is 1. The lowest BCUT2D eigenvalue weighted by Crippen LogP contribution is -2.21. The van der Waals surface area contributed by atoms with Gasteiger partial charge in [-0.05, 0) is 55.5 Å².